The van der Waals surface area contributed by atoms with E-state index >= 15 is 0 Å². The minimum Gasteiger partial charge on any atom is -0.478 e. The van der Waals surface area contributed by atoms with E-state index in [9.17, 15) is 9.59 Å². The highest BCUT2D eigenvalue weighted by atomic mass is 35.5. The third-order valence-electron chi connectivity index (χ3n) is 4.22. The van der Waals surface area contributed by atoms with Crippen molar-refractivity contribution in [2.75, 3.05) is 0 Å². The van der Waals surface area contributed by atoms with Gasteiger partial charge in [0, 0.05) is 6.20 Å². The maximum Gasteiger partial charge on any atom is 0.335 e. The van der Waals surface area contributed by atoms with Gasteiger partial charge in [0.05, 0.1) is 28.3 Å². The molecule has 0 bridgehead atoms. The topological polar surface area (TPSA) is 112 Å². The lowest BCUT2D eigenvalue weighted by Crippen LogP contribution is -2.27. The molecule has 0 saturated heterocycles. The Hall–Kier alpha value is -3.89. The number of nitrogens with one attached hydrogen (secondary N) is 1. The van der Waals surface area contributed by atoms with E-state index in [1.165, 1.54) is 30.5 Å². The first kappa shape index (κ1) is 20.8. The van der Waals surface area contributed by atoms with E-state index in [4.69, 9.17) is 26.7 Å². The van der Waals surface area contributed by atoms with Crippen molar-refractivity contribution in [3.63, 3.8) is 0 Å². The summed E-state index contributed by atoms with van der Waals surface area (Å²) >= 11 is 6.01. The van der Waals surface area contributed by atoms with Crippen LogP contribution < -0.4 is 10.1 Å². The van der Waals surface area contributed by atoms with Gasteiger partial charge in [0.15, 0.2) is 0 Å². The zero-order chi connectivity index (χ0) is 21.7. The first-order chi connectivity index (χ1) is 14.4. The summed E-state index contributed by atoms with van der Waals surface area (Å²) < 4.78 is 5.71. The van der Waals surface area contributed by atoms with Gasteiger partial charge < -0.3 is 15.2 Å². The molecule has 0 fully saturated rings. The number of aromatic carboxylic acids is 1. The summed E-state index contributed by atoms with van der Waals surface area (Å²) in [5, 5.41) is 21.2. The molecule has 2 N–H and O–H groups in total. The number of carboxylic acids is 1. The molecule has 3 aromatic rings. The molecule has 1 heterocycles. The van der Waals surface area contributed by atoms with Crippen LogP contribution in [0.1, 0.15) is 44.8 Å². The number of halogens is 1. The lowest BCUT2D eigenvalue weighted by atomic mass is 10.0. The van der Waals surface area contributed by atoms with Gasteiger partial charge in [-0.05, 0) is 48.9 Å². The normalized spacial score (nSPS) is 11.2. The van der Waals surface area contributed by atoms with Crippen LogP contribution in [0, 0.1) is 11.3 Å². The fraction of sp³-hybridized carbons (Fsp3) is 0.0909. The summed E-state index contributed by atoms with van der Waals surface area (Å²) in [5.74, 6) is -1.17. The van der Waals surface area contributed by atoms with Gasteiger partial charge in [-0.3, -0.25) is 4.79 Å². The van der Waals surface area contributed by atoms with Crippen LogP contribution in [-0.4, -0.2) is 22.0 Å². The summed E-state index contributed by atoms with van der Waals surface area (Å²) in [7, 11) is 0. The second kappa shape index (κ2) is 9.07. The van der Waals surface area contributed by atoms with Gasteiger partial charge in [0.2, 0.25) is 5.88 Å². The van der Waals surface area contributed by atoms with Crippen LogP contribution in [0.4, 0.5) is 0 Å². The summed E-state index contributed by atoms with van der Waals surface area (Å²) in [6.45, 7) is 1.73. The average Bonchev–Trinajstić information content (AvgIpc) is 2.75. The predicted octanol–water partition coefficient (Wildman–Crippen LogP) is 4.59. The lowest BCUT2D eigenvalue weighted by molar-refractivity contribution is 0.0696. The molecule has 0 aliphatic carbocycles. The Bertz CT molecular complexity index is 1160. The van der Waals surface area contributed by atoms with Gasteiger partial charge in [0.1, 0.15) is 11.3 Å². The van der Waals surface area contributed by atoms with Crippen LogP contribution in [0.3, 0.4) is 0 Å². The number of nitrogens with zero attached hydrogens (tertiary/aromatic N) is 2. The first-order valence-electron chi connectivity index (χ1n) is 8.85. The molecule has 0 spiro atoms. The van der Waals surface area contributed by atoms with Gasteiger partial charge in [-0.15, -0.1) is 0 Å². The molecule has 3 rings (SSSR count). The lowest BCUT2D eigenvalue weighted by Gasteiger charge is -2.16. The van der Waals surface area contributed by atoms with Gasteiger partial charge in [-0.25, -0.2) is 9.78 Å². The highest BCUT2D eigenvalue weighted by Gasteiger charge is 2.19. The van der Waals surface area contributed by atoms with Gasteiger partial charge in [-0.1, -0.05) is 29.8 Å². The Labute approximate surface area is 177 Å². The van der Waals surface area contributed by atoms with Crippen LogP contribution >= 0.6 is 11.6 Å². The fourth-order valence-electron chi connectivity index (χ4n) is 2.71. The van der Waals surface area contributed by atoms with Gasteiger partial charge in [-0.2, -0.15) is 5.26 Å². The smallest absolute Gasteiger partial charge is 0.335 e. The first-order valence-corrected chi connectivity index (χ1v) is 9.23. The number of rotatable bonds is 6. The number of carbonyl (C=O) groups excluding carboxylic acids is 1. The van der Waals surface area contributed by atoms with Crippen LogP contribution in [0.5, 0.6) is 11.6 Å². The van der Waals surface area contributed by atoms with Crippen molar-refractivity contribution in [1.82, 2.24) is 10.3 Å². The number of carbonyl (C=O) groups is 2. The molecule has 30 heavy (non-hydrogen) atoms. The van der Waals surface area contributed by atoms with Gasteiger partial charge >= 0.3 is 5.97 Å². The summed E-state index contributed by atoms with van der Waals surface area (Å²) in [6, 6.07) is 15.7. The highest BCUT2D eigenvalue weighted by Crippen LogP contribution is 2.27. The molecule has 0 radical (unpaired) electrons. The summed E-state index contributed by atoms with van der Waals surface area (Å²) in [5.41, 5.74) is 1.26. The number of amides is 1. The third-order valence-corrected chi connectivity index (χ3v) is 4.43. The molecule has 8 heteroatoms. The van der Waals surface area contributed by atoms with E-state index in [0.29, 0.717) is 16.9 Å². The Kier molecular flexibility index (Phi) is 6.30. The number of hydrogen-bond acceptors (Lipinski definition) is 5. The van der Waals surface area contributed by atoms with E-state index in [0.717, 1.165) is 0 Å². The second-order valence-electron chi connectivity index (χ2n) is 6.37. The number of ether oxygens (including phenoxy) is 1. The zero-order valence-electron chi connectivity index (χ0n) is 15.8. The molecular weight excluding hydrogens is 406 g/mol. The number of nitriles is 1. The maximum absolute atomic E-state index is 12.9. The van der Waals surface area contributed by atoms with Crippen molar-refractivity contribution >= 4 is 23.5 Å². The van der Waals surface area contributed by atoms with Crippen molar-refractivity contribution in [3.8, 4) is 17.7 Å². The molecule has 0 aliphatic heterocycles. The maximum atomic E-state index is 12.9. The Morgan fingerprint density at radius 3 is 2.70 bits per heavy atom. The van der Waals surface area contributed by atoms with Crippen molar-refractivity contribution < 1.29 is 19.4 Å². The number of carboxylic acid groups (broad SMARTS) is 1. The van der Waals surface area contributed by atoms with E-state index in [2.05, 4.69) is 10.3 Å². The van der Waals surface area contributed by atoms with Crippen molar-refractivity contribution in [3.05, 3.63) is 88.1 Å². The zero-order valence-corrected chi connectivity index (χ0v) is 16.6. The van der Waals surface area contributed by atoms with Crippen LogP contribution in [0.25, 0.3) is 0 Å². The molecule has 7 nitrogen and oxygen atoms in total. The second-order valence-corrected chi connectivity index (χ2v) is 6.81. The molecule has 0 aliphatic rings. The molecule has 2 aromatic carbocycles. The van der Waals surface area contributed by atoms with Crippen LogP contribution in [0.2, 0.25) is 5.02 Å². The summed E-state index contributed by atoms with van der Waals surface area (Å²) in [4.78, 5) is 28.1. The number of hydrogen-bond donors (Lipinski definition) is 2. The quantitative estimate of drug-likeness (QED) is 0.602. The Morgan fingerprint density at radius 2 is 1.97 bits per heavy atom. The molecule has 150 valence electrons. The molecule has 1 atom stereocenters. The minimum absolute atomic E-state index is 0.0264. The van der Waals surface area contributed by atoms with Crippen molar-refractivity contribution in [2.24, 2.45) is 0 Å². The monoisotopic (exact) mass is 421 g/mol. The standard InChI is InChI=1S/C22H16ClN3O4/c1-13(15-5-3-6-16(9-15)22(28)29)26-20(27)19-10-17(23)12-25-21(19)30-18-7-2-4-14(8-18)11-24/h2-10,12-13H,1H3,(H,26,27)(H,28,29)/t13-/m0/s1. The van der Waals surface area contributed by atoms with Crippen LogP contribution in [-0.2, 0) is 0 Å². The summed E-state index contributed by atoms with van der Waals surface area (Å²) in [6.07, 6.45) is 1.35. The largest absolute Gasteiger partial charge is 0.478 e. The molecule has 0 unspecified atom stereocenters. The average molecular weight is 422 g/mol. The third kappa shape index (κ3) is 4.93. The fourth-order valence-corrected chi connectivity index (χ4v) is 2.87. The van der Waals surface area contributed by atoms with Crippen molar-refractivity contribution in [1.29, 1.82) is 5.26 Å². The van der Waals surface area contributed by atoms with E-state index in [-0.39, 0.29) is 22.0 Å². The Balaban J connectivity index is 1.85. The van der Waals surface area contributed by atoms with E-state index in [1.54, 1.807) is 37.3 Å². The van der Waals surface area contributed by atoms with E-state index < -0.39 is 17.9 Å². The number of aromatic nitrogens is 1. The number of benzene rings is 2. The Morgan fingerprint density at radius 1 is 1.20 bits per heavy atom. The van der Waals surface area contributed by atoms with E-state index in [1.807, 2.05) is 6.07 Å². The van der Waals surface area contributed by atoms with Gasteiger partial charge in [0.25, 0.3) is 5.91 Å². The molecule has 1 amide bonds. The highest BCUT2D eigenvalue weighted by molar-refractivity contribution is 6.30. The van der Waals surface area contributed by atoms with Crippen LogP contribution in [0.15, 0.2) is 60.8 Å². The SMILES string of the molecule is C[C@H](NC(=O)c1cc(Cl)cnc1Oc1cccc(C#N)c1)c1cccc(C(=O)O)c1. The predicted molar refractivity (Wildman–Crippen MR) is 110 cm³/mol. The molecular formula is C22H16ClN3O4. The molecule has 0 saturated carbocycles. The minimum atomic E-state index is -1.05. The number of pyridine rings is 1. The van der Waals surface area contributed by atoms with Crippen molar-refractivity contribution in [2.45, 2.75) is 13.0 Å². The molecule has 1 aromatic heterocycles.